The number of guanidine groups is 1. The van der Waals surface area contributed by atoms with Crippen LogP contribution in [-0.2, 0) is 24.8 Å². The summed E-state index contributed by atoms with van der Waals surface area (Å²) >= 11 is 0. The number of amides is 1. The lowest BCUT2D eigenvalue weighted by Gasteiger charge is -2.47. The predicted molar refractivity (Wildman–Crippen MR) is 131 cm³/mol. The van der Waals surface area contributed by atoms with E-state index in [4.69, 9.17) is 16.5 Å². The summed E-state index contributed by atoms with van der Waals surface area (Å²) in [5.41, 5.74) is 12.6. The van der Waals surface area contributed by atoms with E-state index in [1.807, 2.05) is 4.90 Å². The average molecular weight is 529 g/mol. The zero-order valence-corrected chi connectivity index (χ0v) is 20.0. The summed E-state index contributed by atoms with van der Waals surface area (Å²) in [6.45, 7) is -0.0555. The molecule has 1 amide bonds. The first-order valence-electron chi connectivity index (χ1n) is 12.1. The van der Waals surface area contributed by atoms with Crippen molar-refractivity contribution in [3.8, 4) is 0 Å². The van der Waals surface area contributed by atoms with Crippen LogP contribution in [-0.4, -0.2) is 27.0 Å². The Hall–Kier alpha value is -4.13. The molecule has 0 radical (unpaired) electrons. The van der Waals surface area contributed by atoms with Gasteiger partial charge in [0.15, 0.2) is 5.82 Å². The number of nitrogens with two attached hydrogens (primary N) is 2. The summed E-state index contributed by atoms with van der Waals surface area (Å²) in [5, 5.41) is 13.4. The third-order valence-electron chi connectivity index (χ3n) is 7.68. The van der Waals surface area contributed by atoms with E-state index < -0.39 is 47.3 Å². The maximum absolute atomic E-state index is 14.6. The zero-order valence-electron chi connectivity index (χ0n) is 20.0. The van der Waals surface area contributed by atoms with E-state index in [0.717, 1.165) is 48.7 Å². The fourth-order valence-electron chi connectivity index (χ4n) is 5.65. The summed E-state index contributed by atoms with van der Waals surface area (Å²) in [4.78, 5) is 19.1. The van der Waals surface area contributed by atoms with Gasteiger partial charge in [-0.15, -0.1) is 0 Å². The highest BCUT2D eigenvalue weighted by molar-refractivity contribution is 6.06. The average Bonchev–Trinajstić information content (AvgIpc) is 3.39. The van der Waals surface area contributed by atoms with Gasteiger partial charge in [-0.05, 0) is 37.5 Å². The summed E-state index contributed by atoms with van der Waals surface area (Å²) in [7, 11) is 0. The number of rotatable bonds is 4. The maximum Gasteiger partial charge on any atom is 0.416 e. The number of para-hydroxylation sites is 1. The molecule has 1 saturated carbocycles. The molecule has 1 spiro atoms. The van der Waals surface area contributed by atoms with Crippen molar-refractivity contribution in [2.24, 2.45) is 10.7 Å². The van der Waals surface area contributed by atoms with Gasteiger partial charge < -0.3 is 21.7 Å². The van der Waals surface area contributed by atoms with Gasteiger partial charge in [-0.1, -0.05) is 18.2 Å². The zero-order chi connectivity index (χ0) is 26.8. The summed E-state index contributed by atoms with van der Waals surface area (Å²) in [6.07, 6.45) is -3.02. The van der Waals surface area contributed by atoms with Gasteiger partial charge in [-0.3, -0.25) is 15.2 Å². The van der Waals surface area contributed by atoms with Crippen LogP contribution in [0.15, 0.2) is 41.4 Å². The monoisotopic (exact) mass is 528 g/mol. The Morgan fingerprint density at radius 3 is 2.66 bits per heavy atom. The van der Waals surface area contributed by atoms with Crippen molar-refractivity contribution < 1.29 is 22.4 Å². The number of alkyl halides is 3. The molecular formula is C25H24F4N8O. The smallest absolute Gasteiger partial charge is 0.382 e. The summed E-state index contributed by atoms with van der Waals surface area (Å²) < 4.78 is 55.3. The molecule has 2 aliphatic heterocycles. The van der Waals surface area contributed by atoms with E-state index in [2.05, 4.69) is 20.8 Å². The molecule has 1 atom stereocenters. The fraction of sp³-hybridized carbons (Fsp3) is 0.320. The van der Waals surface area contributed by atoms with Crippen molar-refractivity contribution in [2.45, 2.75) is 50.2 Å². The molecule has 0 saturated heterocycles. The van der Waals surface area contributed by atoms with Crippen molar-refractivity contribution in [3.05, 3.63) is 75.7 Å². The van der Waals surface area contributed by atoms with Crippen LogP contribution in [0.3, 0.4) is 0 Å². The number of benzene rings is 2. The second kappa shape index (κ2) is 8.45. The van der Waals surface area contributed by atoms with Gasteiger partial charge in [0.1, 0.15) is 12.0 Å². The number of nitrogens with one attached hydrogen (secondary N) is 3. The van der Waals surface area contributed by atoms with E-state index in [1.165, 1.54) is 0 Å². The molecule has 2 aromatic carbocycles. The molecule has 38 heavy (non-hydrogen) atoms. The van der Waals surface area contributed by atoms with E-state index in [0.29, 0.717) is 29.6 Å². The molecule has 7 N–H and O–H groups in total. The van der Waals surface area contributed by atoms with Gasteiger partial charge in [0.25, 0.3) is 5.91 Å². The number of carbonyl (C=O) groups excluding carboxylic acids is 1. The van der Waals surface area contributed by atoms with Crippen molar-refractivity contribution in [1.82, 2.24) is 20.4 Å². The van der Waals surface area contributed by atoms with Crippen LogP contribution in [0, 0.1) is 5.82 Å². The topological polar surface area (TPSA) is 137 Å². The Morgan fingerprint density at radius 1 is 1.21 bits per heavy atom. The molecule has 1 fully saturated rings. The summed E-state index contributed by atoms with van der Waals surface area (Å²) in [6, 6.07) is 7.71. The first-order valence-corrected chi connectivity index (χ1v) is 12.1. The molecule has 1 aromatic heterocycles. The minimum Gasteiger partial charge on any atom is -0.382 e. The van der Waals surface area contributed by atoms with Gasteiger partial charge in [-0.2, -0.15) is 18.3 Å². The highest BCUT2D eigenvalue weighted by Crippen LogP contribution is 2.53. The third kappa shape index (κ3) is 3.60. The number of nitrogens with zero attached hydrogens (tertiary/aromatic N) is 3. The number of anilines is 2. The Bertz CT molecular complexity index is 1480. The maximum atomic E-state index is 14.6. The minimum absolute atomic E-state index is 0.199. The lowest BCUT2D eigenvalue weighted by atomic mass is 9.74. The largest absolute Gasteiger partial charge is 0.416 e. The number of aromatic amines is 1. The van der Waals surface area contributed by atoms with Gasteiger partial charge in [0, 0.05) is 23.2 Å². The SMILES string of the molecule is NC(=O)c1cccc2c1NC(N1Cc3c(N)n[nH]c3C13CCC3)=NC2NCc1c(F)cccc1C(F)(F)F. The lowest BCUT2D eigenvalue weighted by Crippen LogP contribution is -2.53. The van der Waals surface area contributed by atoms with E-state index >= 15 is 0 Å². The first-order chi connectivity index (χ1) is 18.1. The molecule has 198 valence electrons. The molecule has 9 nitrogen and oxygen atoms in total. The number of hydrogen-bond donors (Lipinski definition) is 5. The number of carbonyl (C=O) groups is 1. The number of primary amides is 1. The molecule has 3 heterocycles. The minimum atomic E-state index is -4.73. The van der Waals surface area contributed by atoms with Crippen molar-refractivity contribution >= 4 is 23.4 Å². The van der Waals surface area contributed by atoms with Gasteiger partial charge in [-0.25, -0.2) is 9.38 Å². The van der Waals surface area contributed by atoms with Crippen LogP contribution in [0.1, 0.15) is 63.7 Å². The first kappa shape index (κ1) is 24.2. The number of nitrogen functional groups attached to an aromatic ring is 1. The lowest BCUT2D eigenvalue weighted by molar-refractivity contribution is -0.138. The molecule has 0 bridgehead atoms. The summed E-state index contributed by atoms with van der Waals surface area (Å²) in [5.74, 6) is -0.874. The number of hydrogen-bond acceptors (Lipinski definition) is 7. The van der Waals surface area contributed by atoms with E-state index in [1.54, 1.807) is 18.2 Å². The highest BCUT2D eigenvalue weighted by atomic mass is 19.4. The van der Waals surface area contributed by atoms with E-state index in [-0.39, 0.29) is 5.56 Å². The number of H-pyrrole nitrogens is 1. The standard InChI is InChI=1S/C25H24F4N8O/c26-17-7-2-6-16(25(27,28)29)14(17)10-32-22-13-5-1-4-12(21(31)38)18(13)33-23(34-22)37-11-15-19(35-36-20(15)30)24(37)8-3-9-24/h1-2,4-7,22,32H,3,8-11H2,(H2,31,38)(H,33,34)(H3,30,35,36). The molecule has 1 aliphatic carbocycles. The van der Waals surface area contributed by atoms with Gasteiger partial charge >= 0.3 is 6.18 Å². The Balaban J connectivity index is 1.40. The van der Waals surface area contributed by atoms with Crippen LogP contribution < -0.4 is 22.1 Å². The van der Waals surface area contributed by atoms with Crippen LogP contribution >= 0.6 is 0 Å². The fourth-order valence-corrected chi connectivity index (χ4v) is 5.65. The Morgan fingerprint density at radius 2 is 1.97 bits per heavy atom. The van der Waals surface area contributed by atoms with Crippen LogP contribution in [0.2, 0.25) is 0 Å². The normalized spacial score (nSPS) is 19.4. The van der Waals surface area contributed by atoms with Crippen LogP contribution in [0.4, 0.5) is 29.1 Å². The number of aliphatic imine (C=N–C) groups is 1. The highest BCUT2D eigenvalue weighted by Gasteiger charge is 2.53. The van der Waals surface area contributed by atoms with Crippen LogP contribution in [0.5, 0.6) is 0 Å². The van der Waals surface area contributed by atoms with Crippen molar-refractivity contribution in [1.29, 1.82) is 0 Å². The quantitative estimate of drug-likeness (QED) is 0.328. The second-order valence-corrected chi connectivity index (χ2v) is 9.69. The van der Waals surface area contributed by atoms with Gasteiger partial charge in [0.05, 0.1) is 34.6 Å². The molecular weight excluding hydrogens is 504 g/mol. The molecule has 3 aliphatic rings. The molecule has 6 rings (SSSR count). The molecule has 3 aromatic rings. The Kier molecular flexibility index (Phi) is 5.38. The second-order valence-electron chi connectivity index (χ2n) is 9.69. The Labute approximate surface area is 214 Å². The van der Waals surface area contributed by atoms with Gasteiger partial charge in [0.2, 0.25) is 5.96 Å². The van der Waals surface area contributed by atoms with Crippen molar-refractivity contribution in [3.63, 3.8) is 0 Å². The number of fused-ring (bicyclic) bond motifs is 3. The van der Waals surface area contributed by atoms with Crippen molar-refractivity contribution in [2.75, 3.05) is 11.1 Å². The third-order valence-corrected chi connectivity index (χ3v) is 7.68. The van der Waals surface area contributed by atoms with Crippen LogP contribution in [0.25, 0.3) is 0 Å². The number of halogens is 4. The predicted octanol–water partition coefficient (Wildman–Crippen LogP) is 3.71. The molecule has 13 heteroatoms. The van der Waals surface area contributed by atoms with E-state index in [9.17, 15) is 22.4 Å². The molecule has 1 unspecified atom stereocenters. The number of aromatic nitrogens is 2.